The van der Waals surface area contributed by atoms with E-state index in [0.717, 1.165) is 24.1 Å². The predicted molar refractivity (Wildman–Crippen MR) is 107 cm³/mol. The average molecular weight is 369 g/mol. The summed E-state index contributed by atoms with van der Waals surface area (Å²) in [6.07, 6.45) is 0.903. The summed E-state index contributed by atoms with van der Waals surface area (Å²) in [5.74, 6) is 0.380. The summed E-state index contributed by atoms with van der Waals surface area (Å²) in [5.41, 5.74) is 2.48. The molecule has 0 aliphatic heterocycles. The molecule has 0 fully saturated rings. The Morgan fingerprint density at radius 3 is 2.56 bits per heavy atom. The number of benzene rings is 2. The highest BCUT2D eigenvalue weighted by molar-refractivity contribution is 5.89. The molecule has 0 atom stereocenters. The van der Waals surface area contributed by atoms with Gasteiger partial charge in [0.15, 0.2) is 5.96 Å². The largest absolute Gasteiger partial charge is 0.457 e. The van der Waals surface area contributed by atoms with Gasteiger partial charge in [-0.3, -0.25) is 4.99 Å². The van der Waals surface area contributed by atoms with Gasteiger partial charge in [-0.15, -0.1) is 0 Å². The zero-order chi connectivity index (χ0) is 19.3. The molecule has 27 heavy (non-hydrogen) atoms. The molecule has 6 heteroatoms. The van der Waals surface area contributed by atoms with Crippen molar-refractivity contribution in [1.82, 2.24) is 10.6 Å². The Morgan fingerprint density at radius 1 is 1.04 bits per heavy atom. The summed E-state index contributed by atoms with van der Waals surface area (Å²) >= 11 is 0. The fourth-order valence-corrected chi connectivity index (χ4v) is 2.44. The number of esters is 1. The number of rotatable bonds is 9. The van der Waals surface area contributed by atoms with E-state index in [-0.39, 0.29) is 12.6 Å². The third-order valence-corrected chi connectivity index (χ3v) is 3.88. The minimum Gasteiger partial charge on any atom is -0.457 e. The fraction of sp³-hybridized carbons (Fsp3) is 0.333. The first kappa shape index (κ1) is 20.5. The molecular formula is C21H27N3O3. The van der Waals surface area contributed by atoms with Crippen LogP contribution in [0.2, 0.25) is 0 Å². The van der Waals surface area contributed by atoms with Gasteiger partial charge >= 0.3 is 5.97 Å². The molecule has 0 spiro atoms. The maximum atomic E-state index is 12.3. The molecule has 2 rings (SSSR count). The molecular weight excluding hydrogens is 342 g/mol. The van der Waals surface area contributed by atoms with Crippen LogP contribution in [0, 0.1) is 0 Å². The van der Waals surface area contributed by atoms with Crippen molar-refractivity contribution in [1.29, 1.82) is 0 Å². The van der Waals surface area contributed by atoms with Crippen molar-refractivity contribution >= 4 is 11.9 Å². The second-order valence-corrected chi connectivity index (χ2v) is 5.96. The van der Waals surface area contributed by atoms with Crippen LogP contribution < -0.4 is 10.6 Å². The molecule has 6 nitrogen and oxygen atoms in total. The van der Waals surface area contributed by atoms with Gasteiger partial charge in [0.2, 0.25) is 0 Å². The van der Waals surface area contributed by atoms with Crippen molar-refractivity contribution in [2.45, 2.75) is 19.6 Å². The van der Waals surface area contributed by atoms with E-state index in [4.69, 9.17) is 9.47 Å². The summed E-state index contributed by atoms with van der Waals surface area (Å²) in [4.78, 5) is 16.5. The average Bonchev–Trinajstić information content (AvgIpc) is 2.72. The van der Waals surface area contributed by atoms with Crippen molar-refractivity contribution in [2.24, 2.45) is 4.99 Å². The molecule has 0 saturated heterocycles. The number of methoxy groups -OCH3 is 1. The number of hydrogen-bond donors (Lipinski definition) is 2. The molecule has 0 heterocycles. The van der Waals surface area contributed by atoms with Crippen molar-refractivity contribution in [2.75, 3.05) is 27.3 Å². The Kier molecular flexibility index (Phi) is 8.86. The molecule has 144 valence electrons. The molecule has 0 amide bonds. The van der Waals surface area contributed by atoms with Crippen LogP contribution in [0.4, 0.5) is 0 Å². The van der Waals surface area contributed by atoms with Gasteiger partial charge in [0.1, 0.15) is 6.61 Å². The summed E-state index contributed by atoms with van der Waals surface area (Å²) < 4.78 is 10.4. The summed E-state index contributed by atoms with van der Waals surface area (Å²) in [6.45, 7) is 2.31. The topological polar surface area (TPSA) is 72.0 Å². The van der Waals surface area contributed by atoms with Crippen LogP contribution in [0.5, 0.6) is 0 Å². The lowest BCUT2D eigenvalue weighted by Gasteiger charge is -2.12. The SMILES string of the molecule is CN=C(NCCCOC)NCc1cccc(C(=O)OCc2ccccc2)c1. The zero-order valence-corrected chi connectivity index (χ0v) is 15.9. The molecule has 0 aromatic heterocycles. The van der Waals surface area contributed by atoms with Crippen molar-refractivity contribution in [3.63, 3.8) is 0 Å². The highest BCUT2D eigenvalue weighted by atomic mass is 16.5. The lowest BCUT2D eigenvalue weighted by Crippen LogP contribution is -2.37. The van der Waals surface area contributed by atoms with E-state index >= 15 is 0 Å². The minimum absolute atomic E-state index is 0.264. The monoisotopic (exact) mass is 369 g/mol. The second-order valence-electron chi connectivity index (χ2n) is 5.96. The van der Waals surface area contributed by atoms with Gasteiger partial charge in [-0.2, -0.15) is 0 Å². The summed E-state index contributed by atoms with van der Waals surface area (Å²) in [5, 5.41) is 6.45. The van der Waals surface area contributed by atoms with E-state index in [1.54, 1.807) is 20.2 Å². The van der Waals surface area contributed by atoms with Gasteiger partial charge in [-0.05, 0) is 29.7 Å². The van der Waals surface area contributed by atoms with Crippen LogP contribution in [-0.2, 0) is 22.6 Å². The molecule has 0 aliphatic carbocycles. The van der Waals surface area contributed by atoms with Gasteiger partial charge in [0, 0.05) is 33.9 Å². The van der Waals surface area contributed by atoms with Gasteiger partial charge in [-0.25, -0.2) is 4.79 Å². The Hall–Kier alpha value is -2.86. The van der Waals surface area contributed by atoms with Gasteiger partial charge in [0.05, 0.1) is 5.56 Å². The van der Waals surface area contributed by atoms with E-state index in [9.17, 15) is 4.79 Å². The zero-order valence-electron chi connectivity index (χ0n) is 15.9. The molecule has 0 radical (unpaired) electrons. The van der Waals surface area contributed by atoms with Crippen LogP contribution in [0.25, 0.3) is 0 Å². The molecule has 0 bridgehead atoms. The molecule has 0 saturated carbocycles. The van der Waals surface area contributed by atoms with E-state index in [1.165, 1.54) is 0 Å². The maximum absolute atomic E-state index is 12.3. The summed E-state index contributed by atoms with van der Waals surface area (Å²) in [6, 6.07) is 17.0. The first-order valence-corrected chi connectivity index (χ1v) is 8.96. The van der Waals surface area contributed by atoms with Gasteiger partial charge in [0.25, 0.3) is 0 Å². The third kappa shape index (κ3) is 7.50. The van der Waals surface area contributed by atoms with E-state index in [0.29, 0.717) is 24.7 Å². The first-order valence-electron chi connectivity index (χ1n) is 8.96. The first-order chi connectivity index (χ1) is 13.2. The Bertz CT molecular complexity index is 732. The second kappa shape index (κ2) is 11.7. The van der Waals surface area contributed by atoms with Gasteiger partial charge in [-0.1, -0.05) is 42.5 Å². The number of guanidine groups is 1. The number of nitrogens with zero attached hydrogens (tertiary/aromatic N) is 1. The summed E-state index contributed by atoms with van der Waals surface area (Å²) in [7, 11) is 3.41. The quantitative estimate of drug-likeness (QED) is 0.308. The smallest absolute Gasteiger partial charge is 0.338 e. The molecule has 2 aromatic rings. The van der Waals surface area contributed by atoms with E-state index < -0.39 is 0 Å². The lowest BCUT2D eigenvalue weighted by molar-refractivity contribution is 0.0472. The van der Waals surface area contributed by atoms with Crippen LogP contribution in [0.1, 0.15) is 27.9 Å². The number of hydrogen-bond acceptors (Lipinski definition) is 4. The third-order valence-electron chi connectivity index (χ3n) is 3.88. The highest BCUT2D eigenvalue weighted by Crippen LogP contribution is 2.09. The van der Waals surface area contributed by atoms with Crippen molar-refractivity contribution in [3.05, 3.63) is 71.3 Å². The lowest BCUT2D eigenvalue weighted by atomic mass is 10.1. The van der Waals surface area contributed by atoms with E-state index in [1.807, 2.05) is 48.5 Å². The van der Waals surface area contributed by atoms with Crippen molar-refractivity contribution < 1.29 is 14.3 Å². The number of carbonyl (C=O) groups is 1. The van der Waals surface area contributed by atoms with Crippen LogP contribution in [0.3, 0.4) is 0 Å². The fourth-order valence-electron chi connectivity index (χ4n) is 2.44. The number of carbonyl (C=O) groups excluding carboxylic acids is 1. The van der Waals surface area contributed by atoms with Gasteiger partial charge < -0.3 is 20.1 Å². The Labute approximate surface area is 160 Å². The van der Waals surface area contributed by atoms with Crippen LogP contribution in [0.15, 0.2) is 59.6 Å². The van der Waals surface area contributed by atoms with Crippen LogP contribution >= 0.6 is 0 Å². The number of nitrogens with one attached hydrogen (secondary N) is 2. The van der Waals surface area contributed by atoms with Crippen molar-refractivity contribution in [3.8, 4) is 0 Å². The highest BCUT2D eigenvalue weighted by Gasteiger charge is 2.08. The molecule has 2 aromatic carbocycles. The Morgan fingerprint density at radius 2 is 1.81 bits per heavy atom. The van der Waals surface area contributed by atoms with E-state index in [2.05, 4.69) is 15.6 Å². The Balaban J connectivity index is 1.84. The van der Waals surface area contributed by atoms with Crippen LogP contribution in [-0.4, -0.2) is 39.2 Å². The molecule has 2 N–H and O–H groups in total. The number of aliphatic imine (C=N–C) groups is 1. The number of ether oxygens (including phenoxy) is 2. The maximum Gasteiger partial charge on any atom is 0.338 e. The predicted octanol–water partition coefficient (Wildman–Crippen LogP) is 2.75. The normalized spacial score (nSPS) is 11.1. The molecule has 0 unspecified atom stereocenters. The molecule has 0 aliphatic rings. The standard InChI is InChI=1S/C21H27N3O3/c1-22-21(23-12-7-13-26-2)24-15-18-10-6-11-19(14-18)20(25)27-16-17-8-4-3-5-9-17/h3-6,8-11,14H,7,12-13,15-16H2,1-2H3,(H2,22,23,24). The minimum atomic E-state index is -0.331.